The Hall–Kier alpha value is -2.68. The van der Waals surface area contributed by atoms with E-state index in [1.165, 1.54) is 12.7 Å². The summed E-state index contributed by atoms with van der Waals surface area (Å²) in [5, 5.41) is 3.45. The van der Waals surface area contributed by atoms with Crippen molar-refractivity contribution in [3.8, 4) is 0 Å². The number of carbonyl (C=O) groups is 1. The SMILES string of the molecule is COC(=O)N1CC[C@@H](Nc2nc(N3CC(c4ccccc4)C3)nc3c2[S@](=O)CC3)C1. The van der Waals surface area contributed by atoms with Crippen LogP contribution in [0.5, 0.6) is 0 Å². The minimum absolute atomic E-state index is 0.0574. The molecule has 1 aromatic carbocycles. The lowest BCUT2D eigenvalue weighted by atomic mass is 9.92. The average molecular weight is 428 g/mol. The van der Waals surface area contributed by atoms with Crippen molar-refractivity contribution in [2.45, 2.75) is 29.7 Å². The molecule has 2 saturated heterocycles. The lowest BCUT2D eigenvalue weighted by molar-refractivity contribution is 0.132. The van der Waals surface area contributed by atoms with E-state index in [1.54, 1.807) is 4.90 Å². The van der Waals surface area contributed by atoms with E-state index in [4.69, 9.17) is 14.7 Å². The first-order valence-corrected chi connectivity index (χ1v) is 11.6. The van der Waals surface area contributed by atoms with Crippen LogP contribution in [0.15, 0.2) is 35.2 Å². The zero-order valence-electron chi connectivity index (χ0n) is 16.9. The second-order valence-corrected chi connectivity index (χ2v) is 9.51. The first-order chi connectivity index (χ1) is 14.6. The molecule has 5 rings (SSSR count). The van der Waals surface area contributed by atoms with Crippen LogP contribution in [0.1, 0.15) is 23.6 Å². The van der Waals surface area contributed by atoms with Gasteiger partial charge in [-0.25, -0.2) is 9.78 Å². The van der Waals surface area contributed by atoms with Gasteiger partial charge in [-0.1, -0.05) is 30.3 Å². The van der Waals surface area contributed by atoms with E-state index in [2.05, 4.69) is 34.5 Å². The number of anilines is 2. The Morgan fingerprint density at radius 1 is 1.20 bits per heavy atom. The monoisotopic (exact) mass is 427 g/mol. The van der Waals surface area contributed by atoms with Crippen molar-refractivity contribution in [3.63, 3.8) is 0 Å². The number of rotatable bonds is 4. The summed E-state index contributed by atoms with van der Waals surface area (Å²) in [6, 6.07) is 10.6. The molecule has 158 valence electrons. The van der Waals surface area contributed by atoms with Gasteiger partial charge in [0.1, 0.15) is 10.7 Å². The number of hydrogen-bond acceptors (Lipinski definition) is 7. The van der Waals surface area contributed by atoms with Crippen molar-refractivity contribution in [2.75, 3.05) is 49.3 Å². The Balaban J connectivity index is 1.34. The molecule has 30 heavy (non-hydrogen) atoms. The molecule has 0 radical (unpaired) electrons. The van der Waals surface area contributed by atoms with Gasteiger partial charge >= 0.3 is 6.09 Å². The molecule has 1 aromatic heterocycles. The van der Waals surface area contributed by atoms with E-state index in [0.717, 1.165) is 30.1 Å². The number of nitrogens with one attached hydrogen (secondary N) is 1. The molecule has 1 amide bonds. The lowest BCUT2D eigenvalue weighted by Gasteiger charge is -2.40. The maximum absolute atomic E-state index is 12.6. The summed E-state index contributed by atoms with van der Waals surface area (Å²) in [4.78, 5) is 25.9. The number of aryl methyl sites for hydroxylation is 1. The quantitative estimate of drug-likeness (QED) is 0.798. The standard InChI is InChI=1S/C21H25N5O3S/c1-29-21(27)25-9-7-16(13-25)22-19-18-17(8-10-30(18)28)23-20(24-19)26-11-15(12-26)14-5-3-2-4-6-14/h2-6,15-16H,7-13H2,1H3,(H,22,23,24)/t16-,30-/m1/s1. The third-order valence-corrected chi connectivity index (χ3v) is 7.53. The number of likely N-dealkylation sites (tertiary alicyclic amines) is 1. The zero-order chi connectivity index (χ0) is 20.7. The van der Waals surface area contributed by atoms with Crippen LogP contribution in [-0.2, 0) is 22.0 Å². The van der Waals surface area contributed by atoms with Crippen LogP contribution in [0.4, 0.5) is 16.6 Å². The molecule has 3 aliphatic rings. The first-order valence-electron chi connectivity index (χ1n) is 10.3. The topological polar surface area (TPSA) is 87.7 Å². The third-order valence-electron chi connectivity index (χ3n) is 6.07. The van der Waals surface area contributed by atoms with Crippen molar-refractivity contribution in [2.24, 2.45) is 0 Å². The minimum Gasteiger partial charge on any atom is -0.453 e. The van der Waals surface area contributed by atoms with Crippen LogP contribution < -0.4 is 10.2 Å². The smallest absolute Gasteiger partial charge is 0.409 e. The van der Waals surface area contributed by atoms with Crippen LogP contribution in [0.25, 0.3) is 0 Å². The molecule has 0 unspecified atom stereocenters. The van der Waals surface area contributed by atoms with Crippen molar-refractivity contribution in [1.82, 2.24) is 14.9 Å². The molecule has 2 aromatic rings. The van der Waals surface area contributed by atoms with Gasteiger partial charge in [0.2, 0.25) is 5.95 Å². The Morgan fingerprint density at radius 3 is 2.77 bits per heavy atom. The second kappa shape index (κ2) is 7.86. The fraction of sp³-hybridized carbons (Fsp3) is 0.476. The maximum Gasteiger partial charge on any atom is 0.409 e. The van der Waals surface area contributed by atoms with Gasteiger partial charge in [0.05, 0.1) is 23.6 Å². The normalized spacial score (nSPS) is 23.2. The molecular formula is C21H25N5O3S. The number of carbonyl (C=O) groups excluding carboxylic acids is 1. The Kier molecular flexibility index (Phi) is 5.06. The largest absolute Gasteiger partial charge is 0.453 e. The summed E-state index contributed by atoms with van der Waals surface area (Å²) in [7, 11) is 0.313. The Labute approximate surface area is 178 Å². The predicted octanol–water partition coefficient (Wildman–Crippen LogP) is 2.00. The molecular weight excluding hydrogens is 402 g/mol. The summed E-state index contributed by atoms with van der Waals surface area (Å²) >= 11 is 0. The highest BCUT2D eigenvalue weighted by molar-refractivity contribution is 7.85. The molecule has 2 atom stereocenters. The van der Waals surface area contributed by atoms with Gasteiger partial charge in [0.15, 0.2) is 0 Å². The molecule has 0 bridgehead atoms. The van der Waals surface area contributed by atoms with Crippen LogP contribution in [-0.4, -0.2) is 70.3 Å². The molecule has 9 heteroatoms. The van der Waals surface area contributed by atoms with E-state index in [9.17, 15) is 9.00 Å². The van der Waals surface area contributed by atoms with E-state index in [0.29, 0.717) is 42.9 Å². The van der Waals surface area contributed by atoms with Crippen molar-refractivity contribution in [3.05, 3.63) is 41.6 Å². The van der Waals surface area contributed by atoms with E-state index in [1.807, 2.05) is 6.07 Å². The fourth-order valence-corrected chi connectivity index (χ4v) is 5.68. The van der Waals surface area contributed by atoms with Gasteiger partial charge in [0, 0.05) is 50.3 Å². The number of benzene rings is 1. The average Bonchev–Trinajstić information content (AvgIpc) is 3.34. The van der Waals surface area contributed by atoms with Crippen molar-refractivity contribution in [1.29, 1.82) is 0 Å². The highest BCUT2D eigenvalue weighted by Crippen LogP contribution is 2.35. The van der Waals surface area contributed by atoms with Crippen LogP contribution >= 0.6 is 0 Å². The first kappa shape index (κ1) is 19.3. The Morgan fingerprint density at radius 2 is 2.00 bits per heavy atom. The summed E-state index contributed by atoms with van der Waals surface area (Å²) in [5.41, 5.74) is 2.22. The number of aromatic nitrogens is 2. The Bertz CT molecular complexity index is 980. The van der Waals surface area contributed by atoms with Gasteiger partial charge in [-0.05, 0) is 12.0 Å². The summed E-state index contributed by atoms with van der Waals surface area (Å²) in [5.74, 6) is 2.43. The maximum atomic E-state index is 12.6. The van der Waals surface area contributed by atoms with Gasteiger partial charge in [-0.3, -0.25) is 4.21 Å². The summed E-state index contributed by atoms with van der Waals surface area (Å²) in [6.07, 6.45) is 1.19. The third kappa shape index (κ3) is 3.51. The summed E-state index contributed by atoms with van der Waals surface area (Å²) in [6.45, 7) is 2.95. The number of amides is 1. The second-order valence-electron chi connectivity index (χ2n) is 8.01. The van der Waals surface area contributed by atoms with Gasteiger partial charge < -0.3 is 19.9 Å². The van der Waals surface area contributed by atoms with Crippen molar-refractivity contribution >= 4 is 28.7 Å². The van der Waals surface area contributed by atoms with E-state index >= 15 is 0 Å². The summed E-state index contributed by atoms with van der Waals surface area (Å²) < 4.78 is 17.4. The van der Waals surface area contributed by atoms with Gasteiger partial charge in [-0.15, -0.1) is 0 Å². The van der Waals surface area contributed by atoms with Crippen LogP contribution in [0.3, 0.4) is 0 Å². The van der Waals surface area contributed by atoms with Crippen LogP contribution in [0, 0.1) is 0 Å². The number of fused-ring (bicyclic) bond motifs is 1. The molecule has 2 fully saturated rings. The fourth-order valence-electron chi connectivity index (χ4n) is 4.37. The highest BCUT2D eigenvalue weighted by atomic mass is 32.2. The van der Waals surface area contributed by atoms with Gasteiger partial charge in [-0.2, -0.15) is 4.98 Å². The molecule has 8 nitrogen and oxygen atoms in total. The van der Waals surface area contributed by atoms with Crippen molar-refractivity contribution < 1.29 is 13.7 Å². The minimum atomic E-state index is -1.08. The number of hydrogen-bond donors (Lipinski definition) is 1. The molecule has 1 N–H and O–H groups in total. The highest BCUT2D eigenvalue weighted by Gasteiger charge is 2.34. The number of nitrogens with zero attached hydrogens (tertiary/aromatic N) is 4. The molecule has 4 heterocycles. The molecule has 0 aliphatic carbocycles. The molecule has 0 saturated carbocycles. The predicted molar refractivity (Wildman–Crippen MR) is 114 cm³/mol. The lowest BCUT2D eigenvalue weighted by Crippen LogP contribution is -2.46. The van der Waals surface area contributed by atoms with Crippen LogP contribution in [0.2, 0.25) is 0 Å². The zero-order valence-corrected chi connectivity index (χ0v) is 17.7. The number of methoxy groups -OCH3 is 1. The molecule has 0 spiro atoms. The van der Waals surface area contributed by atoms with Gasteiger partial charge in [0.25, 0.3) is 0 Å². The molecule has 3 aliphatic heterocycles. The van der Waals surface area contributed by atoms with E-state index < -0.39 is 10.8 Å². The number of ether oxygens (including phenoxy) is 1. The van der Waals surface area contributed by atoms with E-state index in [-0.39, 0.29) is 12.1 Å².